The third kappa shape index (κ3) is 3.89. The molecule has 0 radical (unpaired) electrons. The number of hydrogen-bond acceptors (Lipinski definition) is 5. The molecule has 3 aromatic rings. The van der Waals surface area contributed by atoms with E-state index in [0.717, 1.165) is 23.2 Å². The first kappa shape index (κ1) is 22.4. The zero-order valence-electron chi connectivity index (χ0n) is 19.6. The maximum Gasteiger partial charge on any atom is 0.494 e. The Balaban J connectivity index is 1.58. The molecule has 1 atom stereocenters. The second-order valence-electron chi connectivity index (χ2n) is 8.93. The van der Waals surface area contributed by atoms with Gasteiger partial charge in [0.15, 0.2) is 0 Å². The van der Waals surface area contributed by atoms with Gasteiger partial charge in [-0.3, -0.25) is 4.57 Å². The molecule has 1 unspecified atom stereocenters. The fourth-order valence-corrected chi connectivity index (χ4v) is 4.01. The van der Waals surface area contributed by atoms with Crippen LogP contribution in [0.15, 0.2) is 53.3 Å². The Morgan fingerprint density at radius 2 is 1.81 bits per heavy atom. The summed E-state index contributed by atoms with van der Waals surface area (Å²) >= 11 is 0. The molecule has 4 rings (SSSR count). The molecule has 2 aromatic carbocycles. The Morgan fingerprint density at radius 3 is 2.44 bits per heavy atom. The maximum atomic E-state index is 13.1. The molecule has 168 valence electrons. The van der Waals surface area contributed by atoms with Gasteiger partial charge in [-0.25, -0.2) is 4.79 Å². The summed E-state index contributed by atoms with van der Waals surface area (Å²) in [5.41, 5.74) is 1.65. The Kier molecular flexibility index (Phi) is 5.77. The van der Waals surface area contributed by atoms with Crippen LogP contribution in [0, 0.1) is 6.92 Å². The summed E-state index contributed by atoms with van der Waals surface area (Å²) < 4.78 is 20.8. The highest BCUT2D eigenvalue weighted by Crippen LogP contribution is 2.39. The van der Waals surface area contributed by atoms with Crippen molar-refractivity contribution in [1.82, 2.24) is 14.3 Å². The van der Waals surface area contributed by atoms with Crippen LogP contribution in [0.1, 0.15) is 45.5 Å². The number of nitrogens with zero attached hydrogens (tertiary/aromatic N) is 3. The van der Waals surface area contributed by atoms with Crippen LogP contribution in [0.3, 0.4) is 0 Å². The smallest absolute Gasteiger partial charge is 0.494 e. The first-order valence-electron chi connectivity index (χ1n) is 10.9. The molecule has 1 aromatic heterocycles. The number of aryl methyl sites for hydroxylation is 1. The largest absolute Gasteiger partial charge is 0.497 e. The SMILES string of the molecule is CCC1(C)OB(c2ccc(-n3nc(C)n(Cc4cccc(OC)c4)c3=O)cc2)OC1(C)C. The second kappa shape index (κ2) is 8.26. The molecule has 0 saturated carbocycles. The van der Waals surface area contributed by atoms with E-state index in [1.54, 1.807) is 11.7 Å². The van der Waals surface area contributed by atoms with E-state index in [2.05, 4.69) is 32.8 Å². The van der Waals surface area contributed by atoms with E-state index in [1.165, 1.54) is 4.68 Å². The van der Waals surface area contributed by atoms with Gasteiger partial charge in [-0.2, -0.15) is 9.78 Å². The van der Waals surface area contributed by atoms with Crippen LogP contribution < -0.4 is 15.9 Å². The van der Waals surface area contributed by atoms with Crippen LogP contribution in [0.5, 0.6) is 5.75 Å². The Labute approximate surface area is 189 Å². The van der Waals surface area contributed by atoms with E-state index in [9.17, 15) is 4.79 Å². The first-order chi connectivity index (χ1) is 15.2. The van der Waals surface area contributed by atoms with Crippen LogP contribution in [0.25, 0.3) is 5.69 Å². The van der Waals surface area contributed by atoms with Gasteiger partial charge in [0.25, 0.3) is 0 Å². The van der Waals surface area contributed by atoms with Gasteiger partial charge in [0.2, 0.25) is 0 Å². The molecule has 1 aliphatic rings. The molecular formula is C24H30BN3O4. The molecule has 7 nitrogen and oxygen atoms in total. The van der Waals surface area contributed by atoms with Gasteiger partial charge >= 0.3 is 12.8 Å². The zero-order valence-corrected chi connectivity index (χ0v) is 19.6. The van der Waals surface area contributed by atoms with Crippen LogP contribution in [0.4, 0.5) is 0 Å². The van der Waals surface area contributed by atoms with Crippen molar-refractivity contribution in [3.63, 3.8) is 0 Å². The summed E-state index contributed by atoms with van der Waals surface area (Å²) in [6, 6.07) is 15.3. The molecular weight excluding hydrogens is 405 g/mol. The molecule has 0 aliphatic carbocycles. The normalized spacial score (nSPS) is 20.0. The third-order valence-electron chi connectivity index (χ3n) is 6.65. The monoisotopic (exact) mass is 435 g/mol. The first-order valence-corrected chi connectivity index (χ1v) is 10.9. The summed E-state index contributed by atoms with van der Waals surface area (Å²) in [4.78, 5) is 13.1. The standard InChI is InChI=1S/C24H30BN3O4/c1-7-24(5)23(3,4)31-25(32-24)19-11-13-20(14-12-19)28-22(29)27(17(2)26-28)16-18-9-8-10-21(15-18)30-6/h8-15H,7,16H2,1-6H3. The topological polar surface area (TPSA) is 67.5 Å². The Hall–Kier alpha value is -2.84. The van der Waals surface area contributed by atoms with Gasteiger partial charge in [-0.1, -0.05) is 31.2 Å². The van der Waals surface area contributed by atoms with E-state index in [0.29, 0.717) is 18.1 Å². The van der Waals surface area contributed by atoms with Crippen molar-refractivity contribution < 1.29 is 14.0 Å². The minimum Gasteiger partial charge on any atom is -0.497 e. The average molecular weight is 435 g/mol. The molecule has 1 saturated heterocycles. The molecule has 1 aliphatic heterocycles. The Morgan fingerprint density at radius 1 is 1.09 bits per heavy atom. The lowest BCUT2D eigenvalue weighted by Crippen LogP contribution is -2.44. The van der Waals surface area contributed by atoms with Crippen LogP contribution in [0.2, 0.25) is 0 Å². The van der Waals surface area contributed by atoms with Crippen molar-refractivity contribution >= 4 is 12.6 Å². The number of rotatable bonds is 6. The van der Waals surface area contributed by atoms with Gasteiger partial charge < -0.3 is 14.0 Å². The summed E-state index contributed by atoms with van der Waals surface area (Å²) in [6.45, 7) is 10.6. The van der Waals surface area contributed by atoms with E-state index in [-0.39, 0.29) is 11.3 Å². The summed E-state index contributed by atoms with van der Waals surface area (Å²) in [5.74, 6) is 1.40. The molecule has 0 amide bonds. The minimum absolute atomic E-state index is 0.189. The summed E-state index contributed by atoms with van der Waals surface area (Å²) in [5, 5.41) is 4.48. The van der Waals surface area contributed by atoms with E-state index in [1.807, 2.05) is 55.5 Å². The van der Waals surface area contributed by atoms with E-state index < -0.39 is 12.7 Å². The highest BCUT2D eigenvalue weighted by Gasteiger charge is 2.53. The number of methoxy groups -OCH3 is 1. The number of benzene rings is 2. The van der Waals surface area contributed by atoms with Crippen molar-refractivity contribution in [1.29, 1.82) is 0 Å². The summed E-state index contributed by atoms with van der Waals surface area (Å²) in [7, 11) is 1.19. The van der Waals surface area contributed by atoms with Gasteiger partial charge in [0.05, 0.1) is 30.5 Å². The van der Waals surface area contributed by atoms with Crippen molar-refractivity contribution in [2.24, 2.45) is 0 Å². The molecule has 32 heavy (non-hydrogen) atoms. The van der Waals surface area contributed by atoms with Crippen LogP contribution >= 0.6 is 0 Å². The zero-order chi connectivity index (χ0) is 23.1. The highest BCUT2D eigenvalue weighted by atomic mass is 16.7. The van der Waals surface area contributed by atoms with Crippen molar-refractivity contribution in [2.45, 2.75) is 58.8 Å². The van der Waals surface area contributed by atoms with Crippen molar-refractivity contribution in [2.75, 3.05) is 7.11 Å². The minimum atomic E-state index is -0.437. The Bertz CT molecular complexity index is 1170. The lowest BCUT2D eigenvalue weighted by Gasteiger charge is -2.35. The second-order valence-corrected chi connectivity index (χ2v) is 8.93. The summed E-state index contributed by atoms with van der Waals surface area (Å²) in [6.07, 6.45) is 0.855. The molecule has 8 heteroatoms. The van der Waals surface area contributed by atoms with Crippen LogP contribution in [-0.2, 0) is 15.9 Å². The van der Waals surface area contributed by atoms with Gasteiger partial charge in [0, 0.05) is 0 Å². The molecule has 0 bridgehead atoms. The number of hydrogen-bond donors (Lipinski definition) is 0. The van der Waals surface area contributed by atoms with Gasteiger partial charge in [-0.15, -0.1) is 0 Å². The van der Waals surface area contributed by atoms with Crippen molar-refractivity contribution in [3.05, 3.63) is 70.4 Å². The van der Waals surface area contributed by atoms with Crippen LogP contribution in [-0.4, -0.2) is 39.8 Å². The molecule has 0 N–H and O–H groups in total. The van der Waals surface area contributed by atoms with E-state index in [4.69, 9.17) is 14.0 Å². The predicted octanol–water partition coefficient (Wildman–Crippen LogP) is 3.09. The fraction of sp³-hybridized carbons (Fsp3) is 0.417. The molecule has 2 heterocycles. The number of aromatic nitrogens is 3. The van der Waals surface area contributed by atoms with E-state index >= 15 is 0 Å². The van der Waals surface area contributed by atoms with Gasteiger partial charge in [-0.05, 0) is 69.4 Å². The van der Waals surface area contributed by atoms with Gasteiger partial charge in [0.1, 0.15) is 11.6 Å². The lowest BCUT2D eigenvalue weighted by molar-refractivity contribution is -0.0118. The molecule has 1 fully saturated rings. The highest BCUT2D eigenvalue weighted by molar-refractivity contribution is 6.62. The number of ether oxygens (including phenoxy) is 1. The van der Waals surface area contributed by atoms with Crippen molar-refractivity contribution in [3.8, 4) is 11.4 Å². The lowest BCUT2D eigenvalue weighted by atomic mass is 9.79. The predicted molar refractivity (Wildman–Crippen MR) is 125 cm³/mol. The fourth-order valence-electron chi connectivity index (χ4n) is 4.01. The third-order valence-corrected chi connectivity index (χ3v) is 6.65. The average Bonchev–Trinajstić information content (AvgIpc) is 3.20. The quantitative estimate of drug-likeness (QED) is 0.557. The maximum absolute atomic E-state index is 13.1. The molecule has 0 spiro atoms.